The number of carbonyl (C=O) groups excluding carboxylic acids is 1. The van der Waals surface area contributed by atoms with Crippen molar-refractivity contribution in [2.24, 2.45) is 0 Å². The summed E-state index contributed by atoms with van der Waals surface area (Å²) in [6.45, 7) is 6.34. The number of rotatable bonds is 11. The average Bonchev–Trinajstić information content (AvgIpc) is 3.31. The molecule has 0 spiro atoms. The number of nitrogens with one attached hydrogen (secondary N) is 2. The lowest BCUT2D eigenvalue weighted by Gasteiger charge is -2.15. The molecule has 0 bridgehead atoms. The maximum absolute atomic E-state index is 11.5. The number of nitrogens with zero attached hydrogens (tertiary/aromatic N) is 7. The van der Waals surface area contributed by atoms with Crippen molar-refractivity contribution in [2.45, 2.75) is 26.8 Å². The maximum Gasteiger partial charge on any atom is 0.277 e. The lowest BCUT2D eigenvalue weighted by Crippen LogP contribution is -2.21. The van der Waals surface area contributed by atoms with E-state index in [1.54, 1.807) is 29.2 Å². The summed E-state index contributed by atoms with van der Waals surface area (Å²) in [4.78, 5) is 40.9. The number of ether oxygens (including phenoxy) is 1. The van der Waals surface area contributed by atoms with Crippen LogP contribution in [-0.2, 0) is 11.3 Å². The fraction of sp³-hybridized carbons (Fsp3) is 0.348. The second kappa shape index (κ2) is 11.7. The molecule has 0 saturated carbocycles. The van der Waals surface area contributed by atoms with Crippen LogP contribution in [0.4, 0.5) is 11.8 Å². The first-order valence-corrected chi connectivity index (χ1v) is 12.2. The first-order valence-electron chi connectivity index (χ1n) is 11.4. The number of hydroxylamine groups is 1. The Morgan fingerprint density at radius 1 is 1.11 bits per heavy atom. The van der Waals surface area contributed by atoms with Gasteiger partial charge in [0, 0.05) is 49.9 Å². The van der Waals surface area contributed by atoms with E-state index in [1.165, 1.54) is 12.4 Å². The molecule has 0 fully saturated rings. The fourth-order valence-electron chi connectivity index (χ4n) is 3.31. The molecule has 4 rings (SSSR count). The van der Waals surface area contributed by atoms with Crippen LogP contribution in [0.25, 0.3) is 21.6 Å². The van der Waals surface area contributed by atoms with Crippen molar-refractivity contribution in [3.05, 3.63) is 47.1 Å². The van der Waals surface area contributed by atoms with E-state index in [4.69, 9.17) is 19.9 Å². The first-order chi connectivity index (χ1) is 17.5. The summed E-state index contributed by atoms with van der Waals surface area (Å²) < 4.78 is 6.53. The van der Waals surface area contributed by atoms with Crippen LogP contribution in [0.3, 0.4) is 0 Å². The Bertz CT molecular complexity index is 1310. The third-order valence-electron chi connectivity index (χ3n) is 5.09. The van der Waals surface area contributed by atoms with Crippen molar-refractivity contribution in [1.82, 2.24) is 35.4 Å². The van der Waals surface area contributed by atoms with Crippen molar-refractivity contribution in [3.8, 4) is 11.4 Å². The van der Waals surface area contributed by atoms with E-state index in [2.05, 4.69) is 32.2 Å². The Hall–Kier alpha value is -3.81. The van der Waals surface area contributed by atoms with Gasteiger partial charge in [0.05, 0.1) is 34.5 Å². The minimum absolute atomic E-state index is 0.165. The zero-order valence-electron chi connectivity index (χ0n) is 20.2. The van der Waals surface area contributed by atoms with Crippen LogP contribution in [-0.4, -0.2) is 67.8 Å². The molecule has 4 aromatic rings. The zero-order chi connectivity index (χ0) is 25.5. The van der Waals surface area contributed by atoms with Gasteiger partial charge < -0.3 is 15.0 Å². The monoisotopic (exact) mass is 509 g/mol. The lowest BCUT2D eigenvalue weighted by molar-refractivity contribution is 0.0705. The number of carbonyl (C=O) groups is 1. The first kappa shape index (κ1) is 25.3. The summed E-state index contributed by atoms with van der Waals surface area (Å²) in [6, 6.07) is 2.02. The third kappa shape index (κ3) is 6.05. The second-order valence-corrected chi connectivity index (χ2v) is 9.09. The molecular weight excluding hydrogens is 482 g/mol. The van der Waals surface area contributed by atoms with Crippen LogP contribution >= 0.6 is 11.3 Å². The molecule has 0 saturated heterocycles. The van der Waals surface area contributed by atoms with E-state index in [1.807, 2.05) is 24.9 Å². The Labute approximate surface area is 211 Å². The van der Waals surface area contributed by atoms with Gasteiger partial charge in [-0.15, -0.1) is 11.3 Å². The third-order valence-corrected chi connectivity index (χ3v) is 6.20. The highest BCUT2D eigenvalue weighted by Gasteiger charge is 2.16. The second-order valence-electron chi connectivity index (χ2n) is 7.95. The van der Waals surface area contributed by atoms with Gasteiger partial charge in [-0.25, -0.2) is 35.4 Å². The summed E-state index contributed by atoms with van der Waals surface area (Å²) >= 11 is 1.58. The molecule has 4 aromatic heterocycles. The Morgan fingerprint density at radius 2 is 1.86 bits per heavy atom. The highest BCUT2D eigenvalue weighted by Crippen LogP contribution is 2.32. The predicted octanol–water partition coefficient (Wildman–Crippen LogP) is 2.84. The molecule has 0 aliphatic heterocycles. The van der Waals surface area contributed by atoms with Crippen molar-refractivity contribution in [1.29, 1.82) is 0 Å². The standard InChI is InChI=1S/C23H27N9O3S/c1-4-6-35-7-5-24-21-19-18(29-20(30-21)15-9-25-14(2)26-10-15)8-17(36-19)13-32(3)23-27-11-16(12-28-23)22(33)31-34/h8-12,34H,4-7,13H2,1-3H3,(H,31,33)(H,24,29,30). The maximum atomic E-state index is 11.5. The number of anilines is 2. The SMILES string of the molecule is CCCOCCNc1nc(-c2cnc(C)nc2)nc2cc(CN(C)c3ncc(C(=O)NO)cn3)sc12. The molecule has 0 aromatic carbocycles. The largest absolute Gasteiger partial charge is 0.380 e. The molecule has 3 N–H and O–H groups in total. The number of hydrogen-bond acceptors (Lipinski definition) is 12. The van der Waals surface area contributed by atoms with Crippen LogP contribution in [0.5, 0.6) is 0 Å². The topological polar surface area (TPSA) is 151 Å². The zero-order valence-corrected chi connectivity index (χ0v) is 21.0. The minimum atomic E-state index is -0.665. The van der Waals surface area contributed by atoms with E-state index in [9.17, 15) is 4.79 Å². The van der Waals surface area contributed by atoms with Crippen LogP contribution < -0.4 is 15.7 Å². The van der Waals surface area contributed by atoms with E-state index in [-0.39, 0.29) is 5.56 Å². The number of aryl methyl sites for hydroxylation is 1. The smallest absolute Gasteiger partial charge is 0.277 e. The average molecular weight is 510 g/mol. The summed E-state index contributed by atoms with van der Waals surface area (Å²) in [5, 5.41) is 12.1. The van der Waals surface area contributed by atoms with E-state index < -0.39 is 5.91 Å². The lowest BCUT2D eigenvalue weighted by atomic mass is 10.3. The Kier molecular flexibility index (Phi) is 8.25. The van der Waals surface area contributed by atoms with Crippen molar-refractivity contribution >= 4 is 39.2 Å². The fourth-order valence-corrected chi connectivity index (χ4v) is 4.42. The van der Waals surface area contributed by atoms with Crippen LogP contribution in [0.2, 0.25) is 0 Å². The Balaban J connectivity index is 1.59. The van der Waals surface area contributed by atoms with E-state index in [0.717, 1.165) is 39.5 Å². The molecular formula is C23H27N9O3S. The Morgan fingerprint density at radius 3 is 2.56 bits per heavy atom. The molecule has 0 aliphatic rings. The normalized spacial score (nSPS) is 11.0. The molecule has 36 heavy (non-hydrogen) atoms. The van der Waals surface area contributed by atoms with Gasteiger partial charge in [0.15, 0.2) is 5.82 Å². The molecule has 0 radical (unpaired) electrons. The molecule has 4 heterocycles. The summed E-state index contributed by atoms with van der Waals surface area (Å²) in [6.07, 6.45) is 7.13. The van der Waals surface area contributed by atoms with Crippen LogP contribution in [0.1, 0.15) is 34.4 Å². The summed E-state index contributed by atoms with van der Waals surface area (Å²) in [5.41, 5.74) is 3.27. The summed E-state index contributed by atoms with van der Waals surface area (Å²) in [7, 11) is 1.86. The molecule has 0 unspecified atom stereocenters. The highest BCUT2D eigenvalue weighted by atomic mass is 32.1. The quantitative estimate of drug-likeness (QED) is 0.155. The van der Waals surface area contributed by atoms with Crippen LogP contribution in [0.15, 0.2) is 30.9 Å². The van der Waals surface area contributed by atoms with E-state index >= 15 is 0 Å². The predicted molar refractivity (Wildman–Crippen MR) is 136 cm³/mol. The number of thiophene rings is 1. The molecule has 188 valence electrons. The number of aromatic nitrogens is 6. The molecule has 13 heteroatoms. The molecule has 12 nitrogen and oxygen atoms in total. The molecule has 0 atom stereocenters. The van der Waals surface area contributed by atoms with Crippen molar-refractivity contribution in [3.63, 3.8) is 0 Å². The van der Waals surface area contributed by atoms with Gasteiger partial charge in [-0.1, -0.05) is 6.92 Å². The van der Waals surface area contributed by atoms with Gasteiger partial charge in [-0.2, -0.15) is 0 Å². The highest BCUT2D eigenvalue weighted by molar-refractivity contribution is 7.19. The number of fused-ring (bicyclic) bond motifs is 1. The van der Waals surface area contributed by atoms with Gasteiger partial charge in [0.1, 0.15) is 11.6 Å². The molecule has 0 aliphatic carbocycles. The van der Waals surface area contributed by atoms with Gasteiger partial charge >= 0.3 is 0 Å². The van der Waals surface area contributed by atoms with Gasteiger partial charge in [-0.3, -0.25) is 10.0 Å². The van der Waals surface area contributed by atoms with Gasteiger partial charge in [-0.05, 0) is 19.4 Å². The van der Waals surface area contributed by atoms with Gasteiger partial charge in [0.2, 0.25) is 5.95 Å². The van der Waals surface area contributed by atoms with Gasteiger partial charge in [0.25, 0.3) is 5.91 Å². The number of amides is 1. The summed E-state index contributed by atoms with van der Waals surface area (Å²) in [5.74, 6) is 1.72. The van der Waals surface area contributed by atoms with Crippen molar-refractivity contribution < 1.29 is 14.7 Å². The van der Waals surface area contributed by atoms with Crippen molar-refractivity contribution in [2.75, 3.05) is 37.0 Å². The van der Waals surface area contributed by atoms with Crippen LogP contribution in [0, 0.1) is 6.92 Å². The molecule has 1 amide bonds. The van der Waals surface area contributed by atoms with E-state index in [0.29, 0.717) is 37.3 Å². The minimum Gasteiger partial charge on any atom is -0.380 e. The number of hydrogen-bond donors (Lipinski definition) is 3.